The van der Waals surface area contributed by atoms with Gasteiger partial charge in [-0.2, -0.15) is 0 Å². The van der Waals surface area contributed by atoms with E-state index in [9.17, 15) is 0 Å². The first-order valence-corrected chi connectivity index (χ1v) is 4.70. The Morgan fingerprint density at radius 3 is 1.67 bits per heavy atom. The molecule has 1 fully saturated rings. The molecule has 72 valence electrons. The van der Waals surface area contributed by atoms with Gasteiger partial charge >= 0.3 is 0 Å². The van der Waals surface area contributed by atoms with Gasteiger partial charge in [-0.3, -0.25) is 0 Å². The van der Waals surface area contributed by atoms with Gasteiger partial charge in [0.2, 0.25) is 0 Å². The molecule has 0 aromatic rings. The number of nitrogens with one attached hydrogen (secondary N) is 2. The number of hydrogen-bond donors (Lipinski definition) is 4. The molecule has 1 aliphatic heterocycles. The van der Waals surface area contributed by atoms with Crippen molar-refractivity contribution in [3.63, 3.8) is 0 Å². The Kier molecular flexibility index (Phi) is 4.53. The lowest BCUT2D eigenvalue weighted by atomic mass is 9.91. The lowest BCUT2D eigenvalue weighted by Gasteiger charge is -2.28. The Balaban J connectivity index is 2.39. The summed E-state index contributed by atoms with van der Waals surface area (Å²) in [6.07, 6.45) is 0. The van der Waals surface area contributed by atoms with E-state index < -0.39 is 0 Å². The normalized spacial score (nSPS) is 32.5. The predicted molar refractivity (Wildman–Crippen MR) is 50.8 cm³/mol. The first-order valence-electron chi connectivity index (χ1n) is 4.70. The minimum absolute atomic E-state index is 0.530. The summed E-state index contributed by atoms with van der Waals surface area (Å²) in [6, 6.07) is 0. The maximum absolute atomic E-state index is 5.67. The summed E-state index contributed by atoms with van der Waals surface area (Å²) >= 11 is 0. The highest BCUT2D eigenvalue weighted by molar-refractivity contribution is 4.78. The van der Waals surface area contributed by atoms with E-state index in [0.29, 0.717) is 11.8 Å². The Morgan fingerprint density at radius 1 is 0.917 bits per heavy atom. The first kappa shape index (κ1) is 9.92. The predicted octanol–water partition coefficient (Wildman–Crippen LogP) is -1.67. The Hall–Kier alpha value is -0.160. The molecule has 0 aromatic carbocycles. The molecule has 0 radical (unpaired) electrons. The molecule has 0 bridgehead atoms. The van der Waals surface area contributed by atoms with Crippen LogP contribution in [0.1, 0.15) is 0 Å². The van der Waals surface area contributed by atoms with Crippen molar-refractivity contribution in [2.24, 2.45) is 23.3 Å². The molecule has 0 aromatic heterocycles. The van der Waals surface area contributed by atoms with Crippen molar-refractivity contribution in [1.82, 2.24) is 10.6 Å². The summed E-state index contributed by atoms with van der Waals surface area (Å²) < 4.78 is 0. The van der Waals surface area contributed by atoms with Crippen LogP contribution in [0.25, 0.3) is 0 Å². The second kappa shape index (κ2) is 5.48. The first-order chi connectivity index (χ1) is 5.88. The molecule has 0 aliphatic carbocycles. The fourth-order valence-corrected chi connectivity index (χ4v) is 1.64. The van der Waals surface area contributed by atoms with Crippen molar-refractivity contribution in [2.45, 2.75) is 0 Å². The fourth-order valence-electron chi connectivity index (χ4n) is 1.64. The van der Waals surface area contributed by atoms with Crippen LogP contribution < -0.4 is 22.1 Å². The van der Waals surface area contributed by atoms with E-state index in [4.69, 9.17) is 11.5 Å². The van der Waals surface area contributed by atoms with Gasteiger partial charge in [-0.25, -0.2) is 0 Å². The molecular formula is C8H20N4. The molecule has 2 atom stereocenters. The van der Waals surface area contributed by atoms with E-state index in [1.54, 1.807) is 0 Å². The van der Waals surface area contributed by atoms with Crippen LogP contribution in [0, 0.1) is 11.8 Å². The van der Waals surface area contributed by atoms with Crippen molar-refractivity contribution < 1.29 is 0 Å². The van der Waals surface area contributed by atoms with E-state index in [-0.39, 0.29) is 0 Å². The van der Waals surface area contributed by atoms with Gasteiger partial charge in [-0.05, 0) is 38.0 Å². The number of rotatable bonds is 2. The maximum Gasteiger partial charge on any atom is 0.00768 e. The smallest absolute Gasteiger partial charge is 0.00768 e. The molecule has 4 nitrogen and oxygen atoms in total. The molecule has 1 rings (SSSR count). The minimum Gasteiger partial charge on any atom is -0.330 e. The second-order valence-corrected chi connectivity index (χ2v) is 3.40. The van der Waals surface area contributed by atoms with E-state index in [1.165, 1.54) is 0 Å². The quantitative estimate of drug-likeness (QED) is 0.402. The van der Waals surface area contributed by atoms with Crippen molar-refractivity contribution in [1.29, 1.82) is 0 Å². The summed E-state index contributed by atoms with van der Waals surface area (Å²) in [4.78, 5) is 0. The Morgan fingerprint density at radius 2 is 1.33 bits per heavy atom. The van der Waals surface area contributed by atoms with Gasteiger partial charge in [-0.15, -0.1) is 0 Å². The standard InChI is InChI=1S/C8H20N4/c9-3-7-5-11-1-2-12-6-8(7)4-10/h7-8,11-12H,1-6,9-10H2/t7-,8-/m0/s1. The minimum atomic E-state index is 0.530. The largest absolute Gasteiger partial charge is 0.330 e. The zero-order valence-electron chi connectivity index (χ0n) is 7.55. The summed E-state index contributed by atoms with van der Waals surface area (Å²) in [5, 5.41) is 6.71. The van der Waals surface area contributed by atoms with E-state index in [0.717, 1.165) is 39.3 Å². The fraction of sp³-hybridized carbons (Fsp3) is 1.00. The van der Waals surface area contributed by atoms with Crippen molar-refractivity contribution in [3.05, 3.63) is 0 Å². The van der Waals surface area contributed by atoms with Crippen LogP contribution in [0.4, 0.5) is 0 Å². The topological polar surface area (TPSA) is 76.1 Å². The maximum atomic E-state index is 5.67. The van der Waals surface area contributed by atoms with Gasteiger partial charge in [-0.1, -0.05) is 0 Å². The van der Waals surface area contributed by atoms with Crippen molar-refractivity contribution in [2.75, 3.05) is 39.3 Å². The van der Waals surface area contributed by atoms with Gasteiger partial charge in [0.15, 0.2) is 0 Å². The zero-order valence-corrected chi connectivity index (χ0v) is 7.55. The molecule has 0 saturated carbocycles. The van der Waals surface area contributed by atoms with Gasteiger partial charge in [0.05, 0.1) is 0 Å². The third kappa shape index (κ3) is 2.71. The third-order valence-electron chi connectivity index (χ3n) is 2.56. The highest BCUT2D eigenvalue weighted by atomic mass is 15.0. The second-order valence-electron chi connectivity index (χ2n) is 3.40. The molecule has 1 saturated heterocycles. The summed E-state index contributed by atoms with van der Waals surface area (Å²) in [5.74, 6) is 1.06. The van der Waals surface area contributed by atoms with Crippen LogP contribution in [-0.4, -0.2) is 39.3 Å². The highest BCUT2D eigenvalue weighted by Gasteiger charge is 2.19. The lowest BCUT2D eigenvalue weighted by Crippen LogP contribution is -2.46. The van der Waals surface area contributed by atoms with Gasteiger partial charge in [0.25, 0.3) is 0 Å². The van der Waals surface area contributed by atoms with Crippen LogP contribution in [0.2, 0.25) is 0 Å². The highest BCUT2D eigenvalue weighted by Crippen LogP contribution is 2.08. The molecule has 4 heteroatoms. The summed E-state index contributed by atoms with van der Waals surface area (Å²) in [6.45, 7) is 5.56. The monoisotopic (exact) mass is 172 g/mol. The zero-order chi connectivity index (χ0) is 8.81. The SMILES string of the molecule is NC[C@H]1CNCCNC[C@@H]1CN. The molecule has 1 aliphatic rings. The Labute approximate surface area is 74.1 Å². The molecule has 12 heavy (non-hydrogen) atoms. The number of nitrogens with two attached hydrogens (primary N) is 2. The molecular weight excluding hydrogens is 152 g/mol. The molecule has 0 spiro atoms. The van der Waals surface area contributed by atoms with E-state index in [1.807, 2.05) is 0 Å². The van der Waals surface area contributed by atoms with E-state index in [2.05, 4.69) is 10.6 Å². The van der Waals surface area contributed by atoms with E-state index >= 15 is 0 Å². The van der Waals surface area contributed by atoms with Crippen LogP contribution in [0.3, 0.4) is 0 Å². The average molecular weight is 172 g/mol. The van der Waals surface area contributed by atoms with Crippen molar-refractivity contribution >= 4 is 0 Å². The van der Waals surface area contributed by atoms with Crippen LogP contribution in [-0.2, 0) is 0 Å². The van der Waals surface area contributed by atoms with Crippen LogP contribution >= 0.6 is 0 Å². The Bertz CT molecular complexity index is 104. The number of hydrogen-bond acceptors (Lipinski definition) is 4. The summed E-state index contributed by atoms with van der Waals surface area (Å²) in [5.41, 5.74) is 11.3. The van der Waals surface area contributed by atoms with Gasteiger partial charge < -0.3 is 22.1 Å². The van der Waals surface area contributed by atoms with Crippen LogP contribution in [0.5, 0.6) is 0 Å². The van der Waals surface area contributed by atoms with Gasteiger partial charge in [0.1, 0.15) is 0 Å². The molecule has 0 unspecified atom stereocenters. The molecule has 0 amide bonds. The lowest BCUT2D eigenvalue weighted by molar-refractivity contribution is 0.300. The van der Waals surface area contributed by atoms with Crippen LogP contribution in [0.15, 0.2) is 0 Å². The molecule has 6 N–H and O–H groups in total. The summed E-state index contributed by atoms with van der Waals surface area (Å²) in [7, 11) is 0. The molecule has 1 heterocycles. The van der Waals surface area contributed by atoms with Crippen molar-refractivity contribution in [3.8, 4) is 0 Å². The third-order valence-corrected chi connectivity index (χ3v) is 2.56. The van der Waals surface area contributed by atoms with Gasteiger partial charge in [0, 0.05) is 13.1 Å². The average Bonchev–Trinajstić information content (AvgIpc) is 2.05.